The highest BCUT2D eigenvalue weighted by atomic mass is 16.5. The molecule has 3 rings (SSSR count). The third-order valence-electron chi connectivity index (χ3n) is 3.27. The zero-order valence-corrected chi connectivity index (χ0v) is 11.0. The van der Waals surface area contributed by atoms with Gasteiger partial charge in [0.2, 0.25) is 0 Å². The molecule has 0 bridgehead atoms. The van der Waals surface area contributed by atoms with E-state index in [9.17, 15) is 0 Å². The van der Waals surface area contributed by atoms with Gasteiger partial charge in [0.15, 0.2) is 5.82 Å². The van der Waals surface area contributed by atoms with Crippen LogP contribution in [0.2, 0.25) is 0 Å². The number of hydrogen-bond acceptors (Lipinski definition) is 5. The Hall–Kier alpha value is -2.08. The Morgan fingerprint density at radius 3 is 2.58 bits per heavy atom. The summed E-state index contributed by atoms with van der Waals surface area (Å²) in [4.78, 5) is 0. The monoisotopic (exact) mass is 260 g/mol. The van der Waals surface area contributed by atoms with Crippen LogP contribution in [0.25, 0.3) is 11.4 Å². The van der Waals surface area contributed by atoms with Gasteiger partial charge < -0.3 is 19.4 Å². The van der Waals surface area contributed by atoms with Gasteiger partial charge in [0.1, 0.15) is 22.9 Å². The second-order valence-electron chi connectivity index (χ2n) is 4.31. The SMILES string of the molecule is COc1cccc(OC)c1-c1nnc2n1CCNC2. The lowest BCUT2D eigenvalue weighted by molar-refractivity contribution is 0.396. The molecule has 6 heteroatoms. The molecule has 0 aliphatic carbocycles. The van der Waals surface area contributed by atoms with Crippen LogP contribution in [0.3, 0.4) is 0 Å². The van der Waals surface area contributed by atoms with E-state index < -0.39 is 0 Å². The number of aromatic nitrogens is 3. The van der Waals surface area contributed by atoms with Crippen molar-refractivity contribution in [2.75, 3.05) is 20.8 Å². The van der Waals surface area contributed by atoms with Crippen molar-refractivity contribution >= 4 is 0 Å². The molecular formula is C13H16N4O2. The molecule has 1 N–H and O–H groups in total. The van der Waals surface area contributed by atoms with Crippen LogP contribution in [-0.4, -0.2) is 35.5 Å². The normalized spacial score (nSPS) is 14.0. The zero-order chi connectivity index (χ0) is 13.2. The Labute approximate surface area is 111 Å². The molecule has 6 nitrogen and oxygen atoms in total. The summed E-state index contributed by atoms with van der Waals surface area (Å²) < 4.78 is 13.0. The first kappa shape index (κ1) is 12.0. The van der Waals surface area contributed by atoms with Gasteiger partial charge in [-0.2, -0.15) is 0 Å². The Morgan fingerprint density at radius 2 is 1.89 bits per heavy atom. The summed E-state index contributed by atoms with van der Waals surface area (Å²) >= 11 is 0. The first-order valence-corrected chi connectivity index (χ1v) is 6.19. The van der Waals surface area contributed by atoms with E-state index >= 15 is 0 Å². The molecule has 0 saturated carbocycles. The highest BCUT2D eigenvalue weighted by molar-refractivity contribution is 5.72. The van der Waals surface area contributed by atoms with E-state index in [4.69, 9.17) is 9.47 Å². The summed E-state index contributed by atoms with van der Waals surface area (Å²) in [5, 5.41) is 11.8. The maximum atomic E-state index is 5.43. The second kappa shape index (κ2) is 4.89. The van der Waals surface area contributed by atoms with E-state index in [0.29, 0.717) is 0 Å². The van der Waals surface area contributed by atoms with Crippen molar-refractivity contribution < 1.29 is 9.47 Å². The number of methoxy groups -OCH3 is 2. The first-order valence-electron chi connectivity index (χ1n) is 6.19. The van der Waals surface area contributed by atoms with E-state index in [1.807, 2.05) is 18.2 Å². The minimum Gasteiger partial charge on any atom is -0.496 e. The predicted octanol–water partition coefficient (Wildman–Crippen LogP) is 1.07. The van der Waals surface area contributed by atoms with Gasteiger partial charge in [-0.25, -0.2) is 0 Å². The third kappa shape index (κ3) is 1.94. The summed E-state index contributed by atoms with van der Waals surface area (Å²) in [6.07, 6.45) is 0. The third-order valence-corrected chi connectivity index (χ3v) is 3.27. The molecule has 0 spiro atoms. The molecule has 0 unspecified atom stereocenters. The molecule has 0 saturated heterocycles. The number of fused-ring (bicyclic) bond motifs is 1. The van der Waals surface area contributed by atoms with E-state index in [-0.39, 0.29) is 0 Å². The van der Waals surface area contributed by atoms with Crippen LogP contribution < -0.4 is 14.8 Å². The Kier molecular flexibility index (Phi) is 3.08. The van der Waals surface area contributed by atoms with E-state index in [1.54, 1.807) is 14.2 Å². The zero-order valence-electron chi connectivity index (χ0n) is 11.0. The second-order valence-corrected chi connectivity index (χ2v) is 4.31. The number of hydrogen-bond donors (Lipinski definition) is 1. The Morgan fingerprint density at radius 1 is 1.16 bits per heavy atom. The van der Waals surface area contributed by atoms with Crippen LogP contribution in [0.5, 0.6) is 11.5 Å². The molecule has 0 fully saturated rings. The van der Waals surface area contributed by atoms with Gasteiger partial charge in [-0.05, 0) is 12.1 Å². The highest BCUT2D eigenvalue weighted by Crippen LogP contribution is 2.37. The van der Waals surface area contributed by atoms with Crippen molar-refractivity contribution in [1.29, 1.82) is 0 Å². The van der Waals surface area contributed by atoms with Crippen LogP contribution >= 0.6 is 0 Å². The fraction of sp³-hybridized carbons (Fsp3) is 0.385. The fourth-order valence-electron chi connectivity index (χ4n) is 2.35. The van der Waals surface area contributed by atoms with Crippen LogP contribution in [-0.2, 0) is 13.1 Å². The highest BCUT2D eigenvalue weighted by Gasteiger charge is 2.22. The van der Waals surface area contributed by atoms with E-state index in [1.165, 1.54) is 0 Å². The van der Waals surface area contributed by atoms with Crippen LogP contribution in [0.1, 0.15) is 5.82 Å². The summed E-state index contributed by atoms with van der Waals surface area (Å²) in [6, 6.07) is 5.71. The number of benzene rings is 1. The molecule has 2 heterocycles. The Bertz CT molecular complexity index is 572. The smallest absolute Gasteiger partial charge is 0.171 e. The standard InChI is InChI=1S/C13H16N4O2/c1-18-9-4-3-5-10(19-2)12(9)13-16-15-11-8-14-6-7-17(11)13/h3-5,14H,6-8H2,1-2H3. The minimum absolute atomic E-state index is 0.741. The molecule has 1 aliphatic rings. The largest absolute Gasteiger partial charge is 0.496 e. The number of nitrogens with zero attached hydrogens (tertiary/aromatic N) is 3. The summed E-state index contributed by atoms with van der Waals surface area (Å²) in [7, 11) is 3.29. The molecule has 0 radical (unpaired) electrons. The van der Waals surface area contributed by atoms with Gasteiger partial charge in [0.05, 0.1) is 20.8 Å². The number of ether oxygens (including phenoxy) is 2. The Balaban J connectivity index is 2.18. The van der Waals surface area contributed by atoms with Gasteiger partial charge >= 0.3 is 0 Å². The lowest BCUT2D eigenvalue weighted by Gasteiger charge is -2.18. The van der Waals surface area contributed by atoms with Gasteiger partial charge in [-0.1, -0.05) is 6.07 Å². The lowest BCUT2D eigenvalue weighted by Crippen LogP contribution is -2.28. The van der Waals surface area contributed by atoms with Gasteiger partial charge in [0.25, 0.3) is 0 Å². The summed E-state index contributed by atoms with van der Waals surface area (Å²) in [5.41, 5.74) is 0.855. The molecule has 1 aliphatic heterocycles. The van der Waals surface area contributed by atoms with E-state index in [0.717, 1.165) is 48.3 Å². The average Bonchev–Trinajstić information content (AvgIpc) is 2.90. The van der Waals surface area contributed by atoms with Crippen molar-refractivity contribution in [3.63, 3.8) is 0 Å². The molecule has 1 aromatic heterocycles. The number of rotatable bonds is 3. The van der Waals surface area contributed by atoms with Crippen molar-refractivity contribution in [3.05, 3.63) is 24.0 Å². The van der Waals surface area contributed by atoms with E-state index in [2.05, 4.69) is 20.1 Å². The quantitative estimate of drug-likeness (QED) is 0.894. The molecule has 100 valence electrons. The van der Waals surface area contributed by atoms with Crippen LogP contribution in [0, 0.1) is 0 Å². The maximum Gasteiger partial charge on any atom is 0.171 e. The average molecular weight is 260 g/mol. The van der Waals surface area contributed by atoms with Crippen molar-refractivity contribution in [2.24, 2.45) is 0 Å². The van der Waals surface area contributed by atoms with Crippen molar-refractivity contribution in [3.8, 4) is 22.9 Å². The molecule has 0 amide bonds. The molecule has 2 aromatic rings. The van der Waals surface area contributed by atoms with Crippen molar-refractivity contribution in [1.82, 2.24) is 20.1 Å². The minimum atomic E-state index is 0.741. The first-order chi connectivity index (χ1) is 9.35. The van der Waals surface area contributed by atoms with Gasteiger partial charge in [-0.15, -0.1) is 10.2 Å². The molecule has 19 heavy (non-hydrogen) atoms. The van der Waals surface area contributed by atoms with Gasteiger partial charge in [0, 0.05) is 13.1 Å². The molecule has 0 atom stereocenters. The molecule has 1 aromatic carbocycles. The van der Waals surface area contributed by atoms with Crippen molar-refractivity contribution in [2.45, 2.75) is 13.1 Å². The topological polar surface area (TPSA) is 61.2 Å². The fourth-order valence-corrected chi connectivity index (χ4v) is 2.35. The maximum absolute atomic E-state index is 5.43. The predicted molar refractivity (Wildman–Crippen MR) is 70.3 cm³/mol. The van der Waals surface area contributed by atoms with Crippen LogP contribution in [0.15, 0.2) is 18.2 Å². The summed E-state index contributed by atoms with van der Waals surface area (Å²) in [5.74, 6) is 3.22. The molecular weight excluding hydrogens is 244 g/mol. The van der Waals surface area contributed by atoms with Gasteiger partial charge in [-0.3, -0.25) is 0 Å². The lowest BCUT2D eigenvalue weighted by atomic mass is 10.1. The van der Waals surface area contributed by atoms with Crippen LogP contribution in [0.4, 0.5) is 0 Å². The summed E-state index contributed by atoms with van der Waals surface area (Å²) in [6.45, 7) is 2.50. The number of nitrogens with one attached hydrogen (secondary N) is 1.